The average Bonchev–Trinajstić information content (AvgIpc) is 2.68. The molecule has 0 aliphatic heterocycles. The van der Waals surface area contributed by atoms with Gasteiger partial charge in [-0.2, -0.15) is 0 Å². The van der Waals surface area contributed by atoms with Gasteiger partial charge in [-0.05, 0) is 36.8 Å². The first-order valence-electron chi connectivity index (χ1n) is 5.85. The summed E-state index contributed by atoms with van der Waals surface area (Å²) in [4.78, 5) is 4.51. The molecule has 0 saturated carbocycles. The van der Waals surface area contributed by atoms with Gasteiger partial charge in [0, 0.05) is 7.05 Å². The zero-order valence-corrected chi connectivity index (χ0v) is 10.3. The Hall–Kier alpha value is -2.16. The Bertz CT molecular complexity index is 728. The zero-order chi connectivity index (χ0) is 12.7. The smallest absolute Gasteiger partial charge is 0.143 e. The van der Waals surface area contributed by atoms with Gasteiger partial charge in [0.25, 0.3) is 0 Å². The largest absolute Gasteiger partial charge is 0.327 e. The van der Waals surface area contributed by atoms with E-state index in [2.05, 4.69) is 11.1 Å². The van der Waals surface area contributed by atoms with Crippen molar-refractivity contribution < 1.29 is 4.39 Å². The molecule has 2 aromatic carbocycles. The summed E-state index contributed by atoms with van der Waals surface area (Å²) < 4.78 is 15.7. The van der Waals surface area contributed by atoms with E-state index >= 15 is 0 Å². The van der Waals surface area contributed by atoms with Crippen LogP contribution in [0.25, 0.3) is 22.4 Å². The molecule has 0 aliphatic rings. The van der Waals surface area contributed by atoms with Gasteiger partial charge in [0.1, 0.15) is 11.6 Å². The number of rotatable bonds is 1. The van der Waals surface area contributed by atoms with Crippen LogP contribution in [0.4, 0.5) is 4.39 Å². The van der Waals surface area contributed by atoms with Crippen LogP contribution < -0.4 is 0 Å². The Morgan fingerprint density at radius 3 is 2.67 bits per heavy atom. The van der Waals surface area contributed by atoms with E-state index in [1.165, 1.54) is 11.6 Å². The molecular formula is C15H13FN2. The second-order valence-corrected chi connectivity index (χ2v) is 4.47. The minimum atomic E-state index is -0.243. The summed E-state index contributed by atoms with van der Waals surface area (Å²) >= 11 is 0. The highest BCUT2D eigenvalue weighted by atomic mass is 19.1. The first-order chi connectivity index (χ1) is 8.66. The van der Waals surface area contributed by atoms with E-state index in [4.69, 9.17) is 0 Å². The predicted octanol–water partition coefficient (Wildman–Crippen LogP) is 3.69. The maximum absolute atomic E-state index is 13.8. The SMILES string of the molecule is Cc1ccc2nc(-c3ccccc3F)n(C)c2c1. The lowest BCUT2D eigenvalue weighted by molar-refractivity contribution is 0.629. The number of aromatic nitrogens is 2. The third-order valence-corrected chi connectivity index (χ3v) is 3.15. The van der Waals surface area contributed by atoms with Gasteiger partial charge < -0.3 is 4.57 Å². The number of imidazole rings is 1. The number of hydrogen-bond donors (Lipinski definition) is 0. The fraction of sp³-hybridized carbons (Fsp3) is 0.133. The third-order valence-electron chi connectivity index (χ3n) is 3.15. The molecule has 90 valence electrons. The first-order valence-corrected chi connectivity index (χ1v) is 5.85. The monoisotopic (exact) mass is 240 g/mol. The van der Waals surface area contributed by atoms with Gasteiger partial charge in [-0.3, -0.25) is 0 Å². The molecule has 0 radical (unpaired) electrons. The lowest BCUT2D eigenvalue weighted by Gasteiger charge is -2.03. The highest BCUT2D eigenvalue weighted by Gasteiger charge is 2.12. The minimum Gasteiger partial charge on any atom is -0.327 e. The minimum absolute atomic E-state index is 0.243. The molecule has 0 saturated heterocycles. The Labute approximate surface area is 105 Å². The number of hydrogen-bond acceptors (Lipinski definition) is 1. The molecule has 0 unspecified atom stereocenters. The second kappa shape index (κ2) is 3.95. The molecule has 0 fully saturated rings. The first kappa shape index (κ1) is 11.0. The average molecular weight is 240 g/mol. The van der Waals surface area contributed by atoms with E-state index in [0.717, 1.165) is 11.0 Å². The van der Waals surface area contributed by atoms with E-state index in [-0.39, 0.29) is 5.82 Å². The Morgan fingerprint density at radius 2 is 1.89 bits per heavy atom. The molecule has 0 amide bonds. The molecule has 1 aromatic heterocycles. The van der Waals surface area contributed by atoms with Crippen molar-refractivity contribution in [2.45, 2.75) is 6.92 Å². The number of benzene rings is 2. The molecular weight excluding hydrogens is 227 g/mol. The van der Waals surface area contributed by atoms with Gasteiger partial charge in [-0.25, -0.2) is 9.37 Å². The van der Waals surface area contributed by atoms with Crippen LogP contribution in [-0.2, 0) is 7.05 Å². The molecule has 3 heteroatoms. The zero-order valence-electron chi connectivity index (χ0n) is 10.3. The number of nitrogens with zero attached hydrogens (tertiary/aromatic N) is 2. The fourth-order valence-corrected chi connectivity index (χ4v) is 2.18. The molecule has 18 heavy (non-hydrogen) atoms. The van der Waals surface area contributed by atoms with Gasteiger partial charge in [0.2, 0.25) is 0 Å². The summed E-state index contributed by atoms with van der Waals surface area (Å²) in [6.45, 7) is 2.04. The summed E-state index contributed by atoms with van der Waals surface area (Å²) in [6.07, 6.45) is 0. The van der Waals surface area contributed by atoms with E-state index in [0.29, 0.717) is 11.4 Å². The maximum Gasteiger partial charge on any atom is 0.143 e. The Balaban J connectivity index is 2.31. The van der Waals surface area contributed by atoms with Crippen LogP contribution in [0.5, 0.6) is 0 Å². The van der Waals surface area contributed by atoms with Gasteiger partial charge in [0.15, 0.2) is 0 Å². The van der Waals surface area contributed by atoms with Crippen molar-refractivity contribution in [3.05, 3.63) is 53.8 Å². The topological polar surface area (TPSA) is 17.8 Å². The lowest BCUT2D eigenvalue weighted by atomic mass is 10.2. The van der Waals surface area contributed by atoms with Crippen molar-refractivity contribution in [2.75, 3.05) is 0 Å². The van der Waals surface area contributed by atoms with Crippen LogP contribution >= 0.6 is 0 Å². The summed E-state index contributed by atoms with van der Waals surface area (Å²) in [6, 6.07) is 12.8. The molecule has 0 spiro atoms. The van der Waals surface area contributed by atoms with Gasteiger partial charge in [-0.15, -0.1) is 0 Å². The summed E-state index contributed by atoms with van der Waals surface area (Å²) in [5, 5.41) is 0. The number of aryl methyl sites for hydroxylation is 2. The predicted molar refractivity (Wildman–Crippen MR) is 70.8 cm³/mol. The van der Waals surface area contributed by atoms with Crippen molar-refractivity contribution in [3.8, 4) is 11.4 Å². The fourth-order valence-electron chi connectivity index (χ4n) is 2.18. The summed E-state index contributed by atoms with van der Waals surface area (Å²) in [5.74, 6) is 0.418. The van der Waals surface area contributed by atoms with E-state index in [9.17, 15) is 4.39 Å². The quantitative estimate of drug-likeness (QED) is 0.634. The van der Waals surface area contributed by atoms with E-state index in [1.54, 1.807) is 12.1 Å². The van der Waals surface area contributed by atoms with Crippen molar-refractivity contribution in [1.29, 1.82) is 0 Å². The van der Waals surface area contributed by atoms with Gasteiger partial charge in [0.05, 0.1) is 16.6 Å². The van der Waals surface area contributed by atoms with Crippen molar-refractivity contribution >= 4 is 11.0 Å². The van der Waals surface area contributed by atoms with Crippen LogP contribution in [0.1, 0.15) is 5.56 Å². The standard InChI is InChI=1S/C15H13FN2/c1-10-7-8-13-14(9-10)18(2)15(17-13)11-5-3-4-6-12(11)16/h3-9H,1-2H3. The Morgan fingerprint density at radius 1 is 1.11 bits per heavy atom. The van der Waals surface area contributed by atoms with Gasteiger partial charge in [-0.1, -0.05) is 18.2 Å². The number of halogens is 1. The highest BCUT2D eigenvalue weighted by molar-refractivity contribution is 5.81. The summed E-state index contributed by atoms with van der Waals surface area (Å²) in [5.41, 5.74) is 3.62. The molecule has 1 heterocycles. The molecule has 0 N–H and O–H groups in total. The molecule has 0 aliphatic carbocycles. The Kier molecular flexibility index (Phi) is 2.40. The van der Waals surface area contributed by atoms with Crippen LogP contribution in [0.2, 0.25) is 0 Å². The third kappa shape index (κ3) is 1.59. The van der Waals surface area contributed by atoms with Crippen LogP contribution in [0.15, 0.2) is 42.5 Å². The van der Waals surface area contributed by atoms with Gasteiger partial charge >= 0.3 is 0 Å². The maximum atomic E-state index is 13.8. The molecule has 0 bridgehead atoms. The second-order valence-electron chi connectivity index (χ2n) is 4.47. The van der Waals surface area contributed by atoms with Crippen LogP contribution in [0, 0.1) is 12.7 Å². The highest BCUT2D eigenvalue weighted by Crippen LogP contribution is 2.26. The van der Waals surface area contributed by atoms with Crippen molar-refractivity contribution in [2.24, 2.45) is 7.05 Å². The van der Waals surface area contributed by atoms with Crippen LogP contribution in [0.3, 0.4) is 0 Å². The number of fused-ring (bicyclic) bond motifs is 1. The van der Waals surface area contributed by atoms with E-state index in [1.807, 2.05) is 36.7 Å². The normalized spacial score (nSPS) is 11.1. The van der Waals surface area contributed by atoms with Crippen LogP contribution in [-0.4, -0.2) is 9.55 Å². The van der Waals surface area contributed by atoms with E-state index < -0.39 is 0 Å². The molecule has 0 atom stereocenters. The van der Waals surface area contributed by atoms with Crippen molar-refractivity contribution in [3.63, 3.8) is 0 Å². The van der Waals surface area contributed by atoms with Crippen molar-refractivity contribution in [1.82, 2.24) is 9.55 Å². The lowest BCUT2D eigenvalue weighted by Crippen LogP contribution is -1.94. The summed E-state index contributed by atoms with van der Waals surface area (Å²) in [7, 11) is 1.91. The molecule has 2 nitrogen and oxygen atoms in total. The molecule has 3 aromatic rings. The molecule has 3 rings (SSSR count).